The Morgan fingerprint density at radius 1 is 1.42 bits per heavy atom. The SMILES string of the molecule is COc1ccc(N2C(=O)NCC2C(=O)O)c(OC)c1. The van der Waals surface area contributed by atoms with Crippen molar-refractivity contribution in [1.29, 1.82) is 0 Å². The van der Waals surface area contributed by atoms with Gasteiger partial charge in [0.05, 0.1) is 26.5 Å². The summed E-state index contributed by atoms with van der Waals surface area (Å²) in [6.07, 6.45) is 0. The number of aliphatic carboxylic acids is 1. The molecule has 0 bridgehead atoms. The van der Waals surface area contributed by atoms with Crippen LogP contribution in [0.2, 0.25) is 0 Å². The number of carboxylic acid groups (broad SMARTS) is 1. The van der Waals surface area contributed by atoms with Crippen molar-refractivity contribution in [2.45, 2.75) is 6.04 Å². The van der Waals surface area contributed by atoms with Gasteiger partial charge in [-0.3, -0.25) is 4.90 Å². The standard InChI is InChI=1S/C12H14N2O5/c1-18-7-3-4-8(10(5-7)19-2)14-9(11(15)16)6-13-12(14)17/h3-5,9H,6H2,1-2H3,(H,13,17)(H,15,16). The fraction of sp³-hybridized carbons (Fsp3) is 0.333. The molecule has 0 aromatic heterocycles. The van der Waals surface area contributed by atoms with E-state index in [1.165, 1.54) is 19.1 Å². The van der Waals surface area contributed by atoms with Crippen LogP contribution in [0, 0.1) is 0 Å². The summed E-state index contributed by atoms with van der Waals surface area (Å²) in [4.78, 5) is 24.1. The summed E-state index contributed by atoms with van der Waals surface area (Å²) >= 11 is 0. The monoisotopic (exact) mass is 266 g/mol. The lowest BCUT2D eigenvalue weighted by Crippen LogP contribution is -2.39. The minimum atomic E-state index is -1.07. The molecule has 0 aliphatic carbocycles. The number of carbonyl (C=O) groups excluding carboxylic acids is 1. The molecule has 1 aliphatic rings. The van der Waals surface area contributed by atoms with Crippen molar-refractivity contribution >= 4 is 17.7 Å². The number of nitrogens with one attached hydrogen (secondary N) is 1. The van der Waals surface area contributed by atoms with E-state index in [9.17, 15) is 9.59 Å². The van der Waals surface area contributed by atoms with E-state index in [0.717, 1.165) is 0 Å². The minimum absolute atomic E-state index is 0.0589. The Balaban J connectivity index is 2.44. The molecule has 2 N–H and O–H groups in total. The topological polar surface area (TPSA) is 88.1 Å². The molecule has 1 aliphatic heterocycles. The number of methoxy groups -OCH3 is 2. The number of carboxylic acids is 1. The second-order valence-corrected chi connectivity index (χ2v) is 3.95. The third-order valence-corrected chi connectivity index (χ3v) is 2.91. The Morgan fingerprint density at radius 3 is 2.74 bits per heavy atom. The number of nitrogens with zero attached hydrogens (tertiary/aromatic N) is 1. The number of hydrogen-bond acceptors (Lipinski definition) is 4. The van der Waals surface area contributed by atoms with Crippen molar-refractivity contribution in [3.8, 4) is 11.5 Å². The van der Waals surface area contributed by atoms with E-state index >= 15 is 0 Å². The highest BCUT2D eigenvalue weighted by atomic mass is 16.5. The van der Waals surface area contributed by atoms with E-state index in [-0.39, 0.29) is 6.54 Å². The van der Waals surface area contributed by atoms with Crippen molar-refractivity contribution in [3.05, 3.63) is 18.2 Å². The van der Waals surface area contributed by atoms with Gasteiger partial charge in [-0.2, -0.15) is 0 Å². The average Bonchev–Trinajstić information content (AvgIpc) is 2.80. The first kappa shape index (κ1) is 13.0. The normalized spacial score (nSPS) is 18.1. The van der Waals surface area contributed by atoms with Crippen LogP contribution in [0.25, 0.3) is 0 Å². The quantitative estimate of drug-likeness (QED) is 0.837. The Labute approximate surface area is 109 Å². The summed E-state index contributed by atoms with van der Waals surface area (Å²) in [5.74, 6) is -0.133. The number of ether oxygens (including phenoxy) is 2. The Bertz CT molecular complexity index is 517. The number of anilines is 1. The molecule has 0 saturated carbocycles. The van der Waals surface area contributed by atoms with Crippen LogP contribution in [-0.2, 0) is 4.79 Å². The Morgan fingerprint density at radius 2 is 2.16 bits per heavy atom. The zero-order chi connectivity index (χ0) is 14.0. The first-order valence-corrected chi connectivity index (χ1v) is 5.60. The molecular formula is C12H14N2O5. The van der Waals surface area contributed by atoms with Gasteiger partial charge in [-0.15, -0.1) is 0 Å². The van der Waals surface area contributed by atoms with Crippen LogP contribution < -0.4 is 19.7 Å². The van der Waals surface area contributed by atoms with Crippen molar-refractivity contribution in [2.24, 2.45) is 0 Å². The number of carbonyl (C=O) groups is 2. The zero-order valence-corrected chi connectivity index (χ0v) is 10.5. The largest absolute Gasteiger partial charge is 0.497 e. The highest BCUT2D eigenvalue weighted by Gasteiger charge is 2.38. The molecule has 2 amide bonds. The molecule has 1 unspecified atom stereocenters. The number of urea groups is 1. The average molecular weight is 266 g/mol. The van der Waals surface area contributed by atoms with E-state index in [0.29, 0.717) is 17.2 Å². The maximum atomic E-state index is 11.8. The zero-order valence-electron chi connectivity index (χ0n) is 10.5. The maximum Gasteiger partial charge on any atom is 0.328 e. The fourth-order valence-corrected chi connectivity index (χ4v) is 1.96. The minimum Gasteiger partial charge on any atom is -0.497 e. The first-order chi connectivity index (χ1) is 9.08. The van der Waals surface area contributed by atoms with Gasteiger partial charge >= 0.3 is 12.0 Å². The van der Waals surface area contributed by atoms with Crippen molar-refractivity contribution in [3.63, 3.8) is 0 Å². The van der Waals surface area contributed by atoms with Crippen LogP contribution in [0.4, 0.5) is 10.5 Å². The van der Waals surface area contributed by atoms with Crippen LogP contribution in [0.15, 0.2) is 18.2 Å². The summed E-state index contributed by atoms with van der Waals surface area (Å²) in [7, 11) is 2.96. The Kier molecular flexibility index (Phi) is 3.46. The van der Waals surface area contributed by atoms with Gasteiger partial charge in [0.2, 0.25) is 0 Å². The van der Waals surface area contributed by atoms with Gasteiger partial charge in [0.25, 0.3) is 0 Å². The molecular weight excluding hydrogens is 252 g/mol. The second kappa shape index (κ2) is 5.05. The molecule has 1 fully saturated rings. The molecule has 7 heteroatoms. The third-order valence-electron chi connectivity index (χ3n) is 2.91. The predicted octanol–water partition coefficient (Wildman–Crippen LogP) is 0.687. The van der Waals surface area contributed by atoms with Gasteiger partial charge in [-0.1, -0.05) is 0 Å². The van der Waals surface area contributed by atoms with Crippen LogP contribution in [0.3, 0.4) is 0 Å². The highest BCUT2D eigenvalue weighted by molar-refractivity contribution is 6.02. The third kappa shape index (κ3) is 2.26. The predicted molar refractivity (Wildman–Crippen MR) is 66.8 cm³/mol. The summed E-state index contributed by atoms with van der Waals surface area (Å²) in [5.41, 5.74) is 0.394. The molecule has 0 radical (unpaired) electrons. The molecule has 102 valence electrons. The van der Waals surface area contributed by atoms with E-state index in [2.05, 4.69) is 5.32 Å². The van der Waals surface area contributed by atoms with Crippen molar-refractivity contribution in [2.75, 3.05) is 25.7 Å². The van der Waals surface area contributed by atoms with E-state index in [1.54, 1.807) is 18.2 Å². The van der Waals surface area contributed by atoms with Crippen LogP contribution in [0.1, 0.15) is 0 Å². The summed E-state index contributed by atoms with van der Waals surface area (Å²) < 4.78 is 10.2. The van der Waals surface area contributed by atoms with E-state index in [4.69, 9.17) is 14.6 Å². The van der Waals surface area contributed by atoms with E-state index < -0.39 is 18.0 Å². The van der Waals surface area contributed by atoms with Gasteiger partial charge in [0.1, 0.15) is 11.5 Å². The van der Waals surface area contributed by atoms with Gasteiger partial charge in [-0.25, -0.2) is 9.59 Å². The summed E-state index contributed by atoms with van der Waals surface area (Å²) in [6, 6.07) is 3.42. The highest BCUT2D eigenvalue weighted by Crippen LogP contribution is 2.34. The number of benzene rings is 1. The van der Waals surface area contributed by atoms with Gasteiger partial charge in [-0.05, 0) is 12.1 Å². The molecule has 1 heterocycles. The van der Waals surface area contributed by atoms with Crippen molar-refractivity contribution in [1.82, 2.24) is 5.32 Å². The molecule has 1 aromatic carbocycles. The smallest absolute Gasteiger partial charge is 0.328 e. The molecule has 1 saturated heterocycles. The van der Waals surface area contributed by atoms with Crippen molar-refractivity contribution < 1.29 is 24.2 Å². The van der Waals surface area contributed by atoms with Crippen LogP contribution in [0.5, 0.6) is 11.5 Å². The number of rotatable bonds is 4. The van der Waals surface area contributed by atoms with Crippen LogP contribution in [-0.4, -0.2) is 43.9 Å². The molecule has 0 spiro atoms. The number of hydrogen-bond donors (Lipinski definition) is 2. The second-order valence-electron chi connectivity index (χ2n) is 3.95. The van der Waals surface area contributed by atoms with Gasteiger partial charge in [0, 0.05) is 6.07 Å². The molecule has 19 heavy (non-hydrogen) atoms. The van der Waals surface area contributed by atoms with E-state index in [1.807, 2.05) is 0 Å². The Hall–Kier alpha value is -2.44. The lowest BCUT2D eigenvalue weighted by atomic mass is 10.2. The molecule has 2 rings (SSSR count). The summed E-state index contributed by atoms with van der Waals surface area (Å²) in [5, 5.41) is 11.6. The summed E-state index contributed by atoms with van der Waals surface area (Å²) in [6.45, 7) is 0.0589. The van der Waals surface area contributed by atoms with Crippen LogP contribution >= 0.6 is 0 Å². The van der Waals surface area contributed by atoms with Gasteiger partial charge < -0.3 is 19.9 Å². The fourth-order valence-electron chi connectivity index (χ4n) is 1.96. The molecule has 7 nitrogen and oxygen atoms in total. The molecule has 1 aromatic rings. The lowest BCUT2D eigenvalue weighted by molar-refractivity contribution is -0.137. The number of amides is 2. The maximum absolute atomic E-state index is 11.8. The lowest BCUT2D eigenvalue weighted by Gasteiger charge is -2.22. The van der Waals surface area contributed by atoms with Gasteiger partial charge in [0.15, 0.2) is 6.04 Å². The first-order valence-electron chi connectivity index (χ1n) is 5.60. The molecule has 1 atom stereocenters.